The van der Waals surface area contributed by atoms with Gasteiger partial charge in [0.05, 0.1) is 12.1 Å². The lowest BCUT2D eigenvalue weighted by molar-refractivity contribution is -0.111. The quantitative estimate of drug-likeness (QED) is 0.601. The van der Waals surface area contributed by atoms with Crippen LogP contribution in [-0.4, -0.2) is 13.0 Å². The number of amides is 1. The highest BCUT2D eigenvalue weighted by atomic mass is 35.5. The number of ether oxygens (including phenoxy) is 1. The van der Waals surface area contributed by atoms with Crippen LogP contribution in [0.4, 0.5) is 5.69 Å². The van der Waals surface area contributed by atoms with Crippen molar-refractivity contribution in [1.29, 1.82) is 0 Å². The van der Waals surface area contributed by atoms with Crippen molar-refractivity contribution in [3.05, 3.63) is 63.6 Å². The standard InChI is InChI=1S/C20H21Cl2NO2/c1-3-4-5-14-6-9-17(10-7-14)23-19(24)11-8-15-12-16(21)13-18(22)20(15)25-2/h6-13H,3-5H2,1-2H3,(H,23,24)/b11-8+. The van der Waals surface area contributed by atoms with Gasteiger partial charge in [0, 0.05) is 22.3 Å². The van der Waals surface area contributed by atoms with Crippen LogP contribution in [0, 0.1) is 0 Å². The number of hydrogen-bond donors (Lipinski definition) is 1. The Morgan fingerprint density at radius 3 is 2.56 bits per heavy atom. The van der Waals surface area contributed by atoms with E-state index in [0.29, 0.717) is 21.4 Å². The molecule has 0 aromatic heterocycles. The van der Waals surface area contributed by atoms with E-state index in [-0.39, 0.29) is 5.91 Å². The minimum atomic E-state index is -0.237. The Kier molecular flexibility index (Phi) is 7.35. The molecule has 0 atom stereocenters. The maximum Gasteiger partial charge on any atom is 0.248 e. The highest BCUT2D eigenvalue weighted by Crippen LogP contribution is 2.32. The van der Waals surface area contributed by atoms with Crippen LogP contribution < -0.4 is 10.1 Å². The highest BCUT2D eigenvalue weighted by Gasteiger charge is 2.08. The van der Waals surface area contributed by atoms with Gasteiger partial charge in [0.15, 0.2) is 0 Å². The van der Waals surface area contributed by atoms with Gasteiger partial charge in [-0.2, -0.15) is 0 Å². The molecule has 0 spiro atoms. The third-order valence-electron chi connectivity index (χ3n) is 3.70. The molecule has 0 aliphatic rings. The summed E-state index contributed by atoms with van der Waals surface area (Å²) in [6.07, 6.45) is 6.44. The van der Waals surface area contributed by atoms with Gasteiger partial charge in [0.25, 0.3) is 0 Å². The monoisotopic (exact) mass is 377 g/mol. The predicted octanol–water partition coefficient (Wildman–Crippen LogP) is 6.00. The molecule has 0 saturated carbocycles. The molecule has 2 aromatic rings. The minimum Gasteiger partial charge on any atom is -0.495 e. The summed E-state index contributed by atoms with van der Waals surface area (Å²) in [6, 6.07) is 11.2. The van der Waals surface area contributed by atoms with Gasteiger partial charge in [-0.3, -0.25) is 4.79 Å². The molecule has 2 rings (SSSR count). The second-order valence-electron chi connectivity index (χ2n) is 5.63. The molecule has 3 nitrogen and oxygen atoms in total. The number of unbranched alkanes of at least 4 members (excludes halogenated alkanes) is 1. The van der Waals surface area contributed by atoms with Crippen molar-refractivity contribution in [2.45, 2.75) is 26.2 Å². The van der Waals surface area contributed by atoms with Crippen molar-refractivity contribution in [3.63, 3.8) is 0 Å². The molecular formula is C20H21Cl2NO2. The summed E-state index contributed by atoms with van der Waals surface area (Å²) in [4.78, 5) is 12.1. The first kappa shape index (κ1) is 19.4. The first-order chi connectivity index (χ1) is 12.0. The summed E-state index contributed by atoms with van der Waals surface area (Å²) in [6.45, 7) is 2.17. The van der Waals surface area contributed by atoms with Crippen LogP contribution in [-0.2, 0) is 11.2 Å². The molecule has 1 amide bonds. The molecular weight excluding hydrogens is 357 g/mol. The molecule has 0 heterocycles. The SMILES string of the molecule is CCCCc1ccc(NC(=O)/C=C/c2cc(Cl)cc(Cl)c2OC)cc1. The first-order valence-electron chi connectivity index (χ1n) is 8.14. The fraction of sp³-hybridized carbons (Fsp3) is 0.250. The van der Waals surface area contributed by atoms with Gasteiger partial charge in [-0.05, 0) is 48.7 Å². The fourth-order valence-corrected chi connectivity index (χ4v) is 2.99. The van der Waals surface area contributed by atoms with Crippen LogP contribution in [0.1, 0.15) is 30.9 Å². The molecule has 0 fully saturated rings. The van der Waals surface area contributed by atoms with Gasteiger partial charge in [0.1, 0.15) is 5.75 Å². The maximum absolute atomic E-state index is 12.1. The van der Waals surface area contributed by atoms with Gasteiger partial charge in [0.2, 0.25) is 5.91 Å². The normalized spacial score (nSPS) is 10.9. The average molecular weight is 378 g/mol. The van der Waals surface area contributed by atoms with Gasteiger partial charge in [-0.15, -0.1) is 0 Å². The van der Waals surface area contributed by atoms with Gasteiger partial charge < -0.3 is 10.1 Å². The Hall–Kier alpha value is -1.97. The van der Waals surface area contributed by atoms with Crippen LogP contribution in [0.15, 0.2) is 42.5 Å². The molecule has 132 valence electrons. The number of carbonyl (C=O) groups is 1. The summed E-state index contributed by atoms with van der Waals surface area (Å²) in [5.74, 6) is 0.245. The molecule has 5 heteroatoms. The Labute approximate surface area is 158 Å². The van der Waals surface area contributed by atoms with Gasteiger partial charge in [-0.1, -0.05) is 48.7 Å². The van der Waals surface area contributed by atoms with E-state index >= 15 is 0 Å². The third kappa shape index (κ3) is 5.80. The molecule has 2 aromatic carbocycles. The largest absolute Gasteiger partial charge is 0.495 e. The van der Waals surface area contributed by atoms with E-state index in [0.717, 1.165) is 12.1 Å². The lowest BCUT2D eigenvalue weighted by Crippen LogP contribution is -2.07. The average Bonchev–Trinajstić information content (AvgIpc) is 2.59. The van der Waals surface area contributed by atoms with Crippen molar-refractivity contribution < 1.29 is 9.53 Å². The van der Waals surface area contributed by atoms with Crippen LogP contribution in [0.2, 0.25) is 10.0 Å². The number of rotatable bonds is 7. The Balaban J connectivity index is 2.04. The van der Waals surface area contributed by atoms with E-state index in [9.17, 15) is 4.79 Å². The fourth-order valence-electron chi connectivity index (χ4n) is 2.40. The van der Waals surface area contributed by atoms with Crippen LogP contribution in [0.5, 0.6) is 5.75 Å². The Morgan fingerprint density at radius 2 is 1.92 bits per heavy atom. The summed E-state index contributed by atoms with van der Waals surface area (Å²) in [7, 11) is 1.52. The Morgan fingerprint density at radius 1 is 1.20 bits per heavy atom. The van der Waals surface area contributed by atoms with E-state index in [2.05, 4.69) is 12.2 Å². The second kappa shape index (κ2) is 9.50. The zero-order valence-corrected chi connectivity index (χ0v) is 15.8. The Bertz CT molecular complexity index is 755. The lowest BCUT2D eigenvalue weighted by Gasteiger charge is -2.08. The van der Waals surface area contributed by atoms with Crippen LogP contribution in [0.3, 0.4) is 0 Å². The van der Waals surface area contributed by atoms with Gasteiger partial charge >= 0.3 is 0 Å². The van der Waals surface area contributed by atoms with E-state index in [4.69, 9.17) is 27.9 Å². The van der Waals surface area contributed by atoms with E-state index in [1.165, 1.54) is 31.6 Å². The zero-order chi connectivity index (χ0) is 18.2. The first-order valence-corrected chi connectivity index (χ1v) is 8.90. The molecule has 0 saturated heterocycles. The molecule has 0 aliphatic heterocycles. The summed E-state index contributed by atoms with van der Waals surface area (Å²) in [5.41, 5.74) is 2.67. The highest BCUT2D eigenvalue weighted by molar-refractivity contribution is 6.36. The smallest absolute Gasteiger partial charge is 0.248 e. The number of hydrogen-bond acceptors (Lipinski definition) is 2. The maximum atomic E-state index is 12.1. The van der Waals surface area contributed by atoms with E-state index in [1.807, 2.05) is 24.3 Å². The number of nitrogens with one attached hydrogen (secondary N) is 1. The van der Waals surface area contributed by atoms with Crippen molar-refractivity contribution >= 4 is 40.9 Å². The number of carbonyl (C=O) groups excluding carboxylic acids is 1. The molecule has 0 radical (unpaired) electrons. The number of methoxy groups -OCH3 is 1. The summed E-state index contributed by atoms with van der Waals surface area (Å²) < 4.78 is 5.25. The molecule has 1 N–H and O–H groups in total. The predicted molar refractivity (Wildman–Crippen MR) is 106 cm³/mol. The summed E-state index contributed by atoms with van der Waals surface area (Å²) in [5, 5.41) is 3.71. The minimum absolute atomic E-state index is 0.237. The third-order valence-corrected chi connectivity index (χ3v) is 4.19. The van der Waals surface area contributed by atoms with Crippen molar-refractivity contribution in [2.24, 2.45) is 0 Å². The van der Waals surface area contributed by atoms with Crippen molar-refractivity contribution in [1.82, 2.24) is 0 Å². The van der Waals surface area contributed by atoms with Crippen LogP contribution in [0.25, 0.3) is 6.08 Å². The number of benzene rings is 2. The molecule has 25 heavy (non-hydrogen) atoms. The lowest BCUT2D eigenvalue weighted by atomic mass is 10.1. The van der Waals surface area contributed by atoms with Crippen LogP contribution >= 0.6 is 23.2 Å². The number of anilines is 1. The molecule has 0 unspecified atom stereocenters. The number of halogens is 2. The second-order valence-corrected chi connectivity index (χ2v) is 6.48. The van der Waals surface area contributed by atoms with Crippen molar-refractivity contribution in [3.8, 4) is 5.75 Å². The topological polar surface area (TPSA) is 38.3 Å². The number of aryl methyl sites for hydroxylation is 1. The zero-order valence-electron chi connectivity index (χ0n) is 14.3. The molecule has 0 aliphatic carbocycles. The molecule has 0 bridgehead atoms. The van der Waals surface area contributed by atoms with Crippen molar-refractivity contribution in [2.75, 3.05) is 12.4 Å². The van der Waals surface area contributed by atoms with E-state index < -0.39 is 0 Å². The summed E-state index contributed by atoms with van der Waals surface area (Å²) >= 11 is 12.1. The van der Waals surface area contributed by atoms with Gasteiger partial charge in [-0.25, -0.2) is 0 Å². The van der Waals surface area contributed by atoms with E-state index in [1.54, 1.807) is 18.2 Å².